The lowest BCUT2D eigenvalue weighted by atomic mass is 10.1. The van der Waals surface area contributed by atoms with Gasteiger partial charge in [0.05, 0.1) is 157 Å². The third-order valence-corrected chi connectivity index (χ3v) is 12.6. The molecule has 3 aromatic heterocycles. The molecule has 0 saturated carbocycles. The minimum atomic E-state index is -0.901. The average molecular weight is 1320 g/mol. The van der Waals surface area contributed by atoms with Gasteiger partial charge >= 0.3 is 17.9 Å². The number of methoxy groups -OCH3 is 2. The molecule has 532 valence electrons. The Kier molecular flexibility index (Phi) is 58.8. The van der Waals surface area contributed by atoms with Crippen LogP contribution in [0.25, 0.3) is 0 Å². The maximum absolute atomic E-state index is 11.6. The number of aromatic nitrogens is 6. The molecule has 0 aliphatic heterocycles. The molecular formula is C59H111N13O20. The second kappa shape index (κ2) is 62.7. The van der Waals surface area contributed by atoms with Crippen LogP contribution in [0.5, 0.6) is 0 Å². The number of Topliss-reactive ketones (excluding diaryl/α,β-unsaturated/α-hetero) is 1. The van der Waals surface area contributed by atoms with E-state index < -0.39 is 36.0 Å². The van der Waals surface area contributed by atoms with Gasteiger partial charge in [-0.15, -0.1) is 0 Å². The number of aliphatic imine (C=N–C) groups is 1. The number of carbonyl (C=O) groups excluding carboxylic acids is 1. The number of nitrogens with zero attached hydrogens (tertiary/aromatic N) is 6. The first-order chi connectivity index (χ1) is 44.7. The van der Waals surface area contributed by atoms with Gasteiger partial charge in [0, 0.05) is 128 Å². The molecule has 0 aromatic carbocycles. The zero-order chi connectivity index (χ0) is 67.9. The summed E-state index contributed by atoms with van der Waals surface area (Å²) < 4.78 is 57.8. The molecule has 4 atom stereocenters. The van der Waals surface area contributed by atoms with Crippen molar-refractivity contribution in [1.29, 1.82) is 0 Å². The first kappa shape index (κ1) is 86.3. The van der Waals surface area contributed by atoms with Crippen LogP contribution < -0.4 is 22.1 Å². The molecule has 33 nitrogen and oxygen atoms in total. The number of aliphatic hydroxyl groups excluding tert-OH is 2. The van der Waals surface area contributed by atoms with Gasteiger partial charge in [0.15, 0.2) is 5.96 Å². The van der Waals surface area contributed by atoms with Crippen LogP contribution >= 0.6 is 0 Å². The van der Waals surface area contributed by atoms with Crippen molar-refractivity contribution in [3.8, 4) is 0 Å². The first-order valence-electron chi connectivity index (χ1n) is 31.2. The van der Waals surface area contributed by atoms with Gasteiger partial charge in [0.25, 0.3) is 0 Å². The summed E-state index contributed by atoms with van der Waals surface area (Å²) in [6.45, 7) is 18.7. The molecule has 92 heavy (non-hydrogen) atoms. The number of hydrogen-bond donors (Lipinski definition) is 12. The number of carboxylic acid groups (broad SMARTS) is 3. The Morgan fingerprint density at radius 1 is 0.500 bits per heavy atom. The SMILES string of the molecule is CCCOCCN(CCOCCO)[C@@H](CCCN=C(N)N)C(=O)O.CCCOCCN(CCOCCO)[C@@H](Cc1cnc[nH]1)C(=O)O.COCCOCCOCCN[C@@H](Cc1cnc[nH]1)C(C)=O.COCCOCCOCCOCCN[C@@H](Cc1cnc[nH]1)C(=O)O. The van der Waals surface area contributed by atoms with Crippen LogP contribution in [0.1, 0.15) is 63.5 Å². The molecule has 3 aromatic rings. The zero-order valence-electron chi connectivity index (χ0n) is 54.9. The predicted octanol–water partition coefficient (Wildman–Crippen LogP) is -0.756. The highest BCUT2D eigenvalue weighted by atomic mass is 16.6. The van der Waals surface area contributed by atoms with E-state index in [0.717, 1.165) is 29.9 Å². The number of nitrogens with two attached hydrogens (primary N) is 2. The Hall–Kier alpha value is -5.70. The summed E-state index contributed by atoms with van der Waals surface area (Å²) >= 11 is 0. The van der Waals surface area contributed by atoms with E-state index in [1.165, 1.54) is 12.7 Å². The van der Waals surface area contributed by atoms with Crippen LogP contribution in [-0.2, 0) is 90.5 Å². The number of carbonyl (C=O) groups is 4. The zero-order valence-corrected chi connectivity index (χ0v) is 54.9. The van der Waals surface area contributed by atoms with E-state index in [9.17, 15) is 34.5 Å². The lowest BCUT2D eigenvalue weighted by molar-refractivity contribution is -0.145. The smallest absolute Gasteiger partial charge is 0.321 e. The maximum Gasteiger partial charge on any atom is 0.321 e. The number of aliphatic carboxylic acids is 3. The van der Waals surface area contributed by atoms with E-state index in [4.69, 9.17) is 73.8 Å². The van der Waals surface area contributed by atoms with Crippen molar-refractivity contribution in [2.45, 2.75) is 89.9 Å². The highest BCUT2D eigenvalue weighted by molar-refractivity contribution is 5.81. The third-order valence-electron chi connectivity index (χ3n) is 12.6. The Morgan fingerprint density at radius 2 is 0.859 bits per heavy atom. The van der Waals surface area contributed by atoms with Gasteiger partial charge < -0.3 is 115 Å². The standard InChI is InChI=1S/C15H32N4O5.C15H27N3O6.C15H27N3O5.C14H25N3O4/c1-2-9-23-10-6-19(7-11-24-12-8-20)13(14(21)22)4-3-5-18-15(16)17;1-21-4-5-23-8-9-24-7-6-22-3-2-17-14(15(19)20)10-13-11-16-12-18-13;1-2-6-22-7-3-18(4-8-23-9-5-19)14(15(20)21)10-13-11-16-12-17-13;1-12(18)14(9-13-10-15-11-17-13)16-3-4-20-7-8-21-6-5-19-2/h13,20H,2-12H2,1H3,(H,21,22)(H4,16,17,18);11-12,14,17H,2-10H2,1H3,(H,16,18)(H,19,20);11-12,14,19H,2-10H2,1H3,(H,16,17)(H,20,21);10-11,14,16H,3-9H2,1-2H3,(H,15,17)/t13-;3*14-/m0000/s1. The number of ketones is 1. The Bertz CT molecular complexity index is 2110. The van der Waals surface area contributed by atoms with Gasteiger partial charge in [-0.1, -0.05) is 13.8 Å². The van der Waals surface area contributed by atoms with Crippen LogP contribution in [0.3, 0.4) is 0 Å². The number of nitrogens with one attached hydrogen (secondary N) is 5. The molecule has 0 aliphatic rings. The molecule has 0 aliphatic carbocycles. The van der Waals surface area contributed by atoms with E-state index in [0.29, 0.717) is 197 Å². The van der Waals surface area contributed by atoms with Crippen molar-refractivity contribution in [2.75, 3.05) is 205 Å². The number of aliphatic hydroxyl groups is 2. The lowest BCUT2D eigenvalue weighted by Gasteiger charge is -2.28. The van der Waals surface area contributed by atoms with Crippen molar-refractivity contribution in [2.24, 2.45) is 16.5 Å². The first-order valence-corrected chi connectivity index (χ1v) is 31.2. The fraction of sp³-hybridized carbons (Fsp3) is 0.763. The average Bonchev–Trinajstić information content (AvgIpc) is 3.21. The number of carboxylic acids is 3. The number of hydrogen-bond acceptors (Lipinski definition) is 25. The Balaban J connectivity index is 0.00000120. The van der Waals surface area contributed by atoms with E-state index >= 15 is 0 Å². The maximum atomic E-state index is 11.6. The second-order valence-corrected chi connectivity index (χ2v) is 20.0. The van der Waals surface area contributed by atoms with E-state index in [1.54, 1.807) is 46.1 Å². The topological polar surface area (TPSA) is 452 Å². The van der Waals surface area contributed by atoms with Crippen LogP contribution in [0.15, 0.2) is 42.6 Å². The van der Waals surface area contributed by atoms with Gasteiger partial charge in [-0.05, 0) is 32.6 Å². The van der Waals surface area contributed by atoms with Gasteiger partial charge in [-0.25, -0.2) is 15.0 Å². The number of ether oxygens (including phenoxy) is 11. The monoisotopic (exact) mass is 1320 g/mol. The molecular weight excluding hydrogens is 1210 g/mol. The molecule has 3 heterocycles. The molecule has 33 heteroatoms. The van der Waals surface area contributed by atoms with E-state index in [2.05, 4.69) is 45.5 Å². The Morgan fingerprint density at radius 3 is 1.21 bits per heavy atom. The summed E-state index contributed by atoms with van der Waals surface area (Å²) in [5.74, 6) is -2.58. The fourth-order valence-corrected chi connectivity index (χ4v) is 7.93. The van der Waals surface area contributed by atoms with Crippen LogP contribution in [0, 0.1) is 0 Å². The second-order valence-electron chi connectivity index (χ2n) is 20.0. The quantitative estimate of drug-likeness (QED) is 0.0188. The molecule has 0 fully saturated rings. The minimum Gasteiger partial charge on any atom is -0.480 e. The normalized spacial score (nSPS) is 12.4. The summed E-state index contributed by atoms with van der Waals surface area (Å²) in [5, 5.41) is 51.8. The van der Waals surface area contributed by atoms with Crippen molar-refractivity contribution in [3.63, 3.8) is 0 Å². The van der Waals surface area contributed by atoms with Gasteiger partial charge in [-0.2, -0.15) is 0 Å². The van der Waals surface area contributed by atoms with E-state index in [-0.39, 0.29) is 44.2 Å². The lowest BCUT2D eigenvalue weighted by Crippen LogP contribution is -2.46. The van der Waals surface area contributed by atoms with E-state index in [1.807, 2.05) is 23.6 Å². The van der Waals surface area contributed by atoms with Crippen molar-refractivity contribution in [3.05, 3.63) is 54.7 Å². The highest BCUT2D eigenvalue weighted by Gasteiger charge is 2.27. The summed E-state index contributed by atoms with van der Waals surface area (Å²) in [5.41, 5.74) is 13.0. The predicted molar refractivity (Wildman–Crippen MR) is 341 cm³/mol. The number of imidazole rings is 3. The fourth-order valence-electron chi connectivity index (χ4n) is 7.93. The van der Waals surface area contributed by atoms with Crippen LogP contribution in [0.2, 0.25) is 0 Å². The molecule has 14 N–H and O–H groups in total. The number of aromatic amines is 3. The third kappa shape index (κ3) is 50.8. The molecule has 0 amide bonds. The largest absolute Gasteiger partial charge is 0.480 e. The number of rotatable bonds is 59. The molecule has 0 radical (unpaired) electrons. The minimum absolute atomic E-state index is 0.00380. The van der Waals surface area contributed by atoms with Crippen molar-refractivity contribution in [1.82, 2.24) is 50.3 Å². The van der Waals surface area contributed by atoms with Crippen molar-refractivity contribution < 1.29 is 96.8 Å². The number of guanidine groups is 1. The highest BCUT2D eigenvalue weighted by Crippen LogP contribution is 2.10. The van der Waals surface area contributed by atoms with Gasteiger partial charge in [0.2, 0.25) is 0 Å². The van der Waals surface area contributed by atoms with Crippen LogP contribution in [0.4, 0.5) is 0 Å². The summed E-state index contributed by atoms with van der Waals surface area (Å²) in [4.78, 5) is 74.1. The molecule has 0 unspecified atom stereocenters. The number of H-pyrrole nitrogens is 3. The van der Waals surface area contributed by atoms with Crippen LogP contribution in [-0.4, -0.2) is 324 Å². The summed E-state index contributed by atoms with van der Waals surface area (Å²) in [6, 6.07) is -2.22. The molecule has 3 rings (SSSR count). The van der Waals surface area contributed by atoms with Crippen molar-refractivity contribution >= 4 is 29.7 Å². The molecule has 0 bridgehead atoms. The Labute approximate surface area is 541 Å². The summed E-state index contributed by atoms with van der Waals surface area (Å²) in [6.07, 6.45) is 13.8. The molecule has 0 spiro atoms. The van der Waals surface area contributed by atoms with Gasteiger partial charge in [-0.3, -0.25) is 34.0 Å². The molecule has 0 saturated heterocycles. The summed E-state index contributed by atoms with van der Waals surface area (Å²) in [7, 11) is 3.27. The van der Waals surface area contributed by atoms with Gasteiger partial charge in [0.1, 0.15) is 23.9 Å².